The molecule has 1 heterocycles. The van der Waals surface area contributed by atoms with Crippen LogP contribution in [0.2, 0.25) is 0 Å². The van der Waals surface area contributed by atoms with Gasteiger partial charge in [-0.05, 0) is 100 Å². The average molecular weight is 425 g/mol. The molecular weight excluding hydrogens is 384 g/mol. The number of aliphatic hydroxyl groups is 1. The predicted octanol–water partition coefficient (Wildman–Crippen LogP) is 6.13. The molecule has 2 N–H and O–H groups in total. The largest absolute Gasteiger partial charge is 0.513 e. The standard InChI is InChI=1S/C25H34N2O2.C2H6/c1-5-27(6-2)24(29)21-9-7-20(8-10-21)23-17-25(11-13-26-14-12-25)16-18(3)22(23)15-19(4)28;1-2/h7-10,15,17,26,28H,5-6,11-14,16H2,1-4H3;1-2H3/b19-15+;. The molecule has 0 saturated carbocycles. The minimum absolute atomic E-state index is 0.0760. The topological polar surface area (TPSA) is 52.6 Å². The number of aliphatic hydroxyl groups excluding tert-OH is 1. The van der Waals surface area contributed by atoms with E-state index in [4.69, 9.17) is 0 Å². The quantitative estimate of drug-likeness (QED) is 0.559. The van der Waals surface area contributed by atoms with Gasteiger partial charge in [-0.25, -0.2) is 0 Å². The van der Waals surface area contributed by atoms with Crippen LogP contribution in [0.25, 0.3) is 5.57 Å². The van der Waals surface area contributed by atoms with Crippen LogP contribution in [0.5, 0.6) is 0 Å². The summed E-state index contributed by atoms with van der Waals surface area (Å²) in [5, 5.41) is 13.4. The Bertz CT molecular complexity index is 832. The second-order valence-corrected chi connectivity index (χ2v) is 8.38. The molecule has 1 spiro atoms. The number of carbonyl (C=O) groups excluding carboxylic acids is 1. The second kappa shape index (κ2) is 11.3. The van der Waals surface area contributed by atoms with Gasteiger partial charge < -0.3 is 15.3 Å². The van der Waals surface area contributed by atoms with Crippen molar-refractivity contribution in [3.8, 4) is 0 Å². The molecule has 0 bridgehead atoms. The van der Waals surface area contributed by atoms with Crippen molar-refractivity contribution in [2.24, 2.45) is 5.41 Å². The summed E-state index contributed by atoms with van der Waals surface area (Å²) in [4.78, 5) is 14.5. The van der Waals surface area contributed by atoms with Crippen molar-refractivity contribution in [1.29, 1.82) is 0 Å². The molecule has 31 heavy (non-hydrogen) atoms. The van der Waals surface area contributed by atoms with E-state index in [9.17, 15) is 9.90 Å². The third kappa shape index (κ3) is 5.88. The first kappa shape index (κ1) is 24.9. The molecule has 0 aromatic heterocycles. The van der Waals surface area contributed by atoms with E-state index in [0.717, 1.165) is 49.1 Å². The summed E-state index contributed by atoms with van der Waals surface area (Å²) in [7, 11) is 0. The van der Waals surface area contributed by atoms with Crippen LogP contribution in [-0.4, -0.2) is 42.1 Å². The molecule has 4 nitrogen and oxygen atoms in total. The van der Waals surface area contributed by atoms with Crippen LogP contribution in [0.1, 0.15) is 76.7 Å². The number of amides is 1. The fraction of sp³-hybridized carbons (Fsp3) is 0.519. The zero-order valence-corrected chi connectivity index (χ0v) is 20.2. The molecule has 1 aromatic rings. The lowest BCUT2D eigenvalue weighted by Gasteiger charge is -2.40. The van der Waals surface area contributed by atoms with Gasteiger partial charge in [0, 0.05) is 18.7 Å². The van der Waals surface area contributed by atoms with Crippen molar-refractivity contribution in [3.05, 3.63) is 64.4 Å². The number of piperidine rings is 1. The molecule has 170 valence electrons. The Balaban J connectivity index is 0.00000166. The first-order chi connectivity index (χ1) is 14.9. The third-order valence-electron chi connectivity index (χ3n) is 6.26. The fourth-order valence-electron chi connectivity index (χ4n) is 4.67. The molecule has 2 aliphatic rings. The highest BCUT2D eigenvalue weighted by Gasteiger charge is 2.34. The predicted molar refractivity (Wildman–Crippen MR) is 131 cm³/mol. The molecule has 4 heteroatoms. The van der Waals surface area contributed by atoms with E-state index in [-0.39, 0.29) is 11.3 Å². The first-order valence-corrected chi connectivity index (χ1v) is 11.8. The molecule has 0 radical (unpaired) electrons. The highest BCUT2D eigenvalue weighted by molar-refractivity contribution is 5.95. The summed E-state index contributed by atoms with van der Waals surface area (Å²) in [5.74, 6) is 0.395. The Morgan fingerprint density at radius 3 is 2.23 bits per heavy atom. The molecule has 3 rings (SSSR count). The van der Waals surface area contributed by atoms with Crippen molar-refractivity contribution in [3.63, 3.8) is 0 Å². The summed E-state index contributed by atoms with van der Waals surface area (Å²) in [5.41, 5.74) is 5.61. The second-order valence-electron chi connectivity index (χ2n) is 8.38. The van der Waals surface area contributed by atoms with E-state index in [1.165, 1.54) is 11.1 Å². The Morgan fingerprint density at radius 2 is 1.71 bits per heavy atom. The molecule has 1 aromatic carbocycles. The lowest BCUT2D eigenvalue weighted by atomic mass is 9.67. The minimum atomic E-state index is 0.0760. The summed E-state index contributed by atoms with van der Waals surface area (Å²) in [6, 6.07) is 7.97. The molecule has 1 saturated heterocycles. The molecule has 1 aliphatic heterocycles. The van der Waals surface area contributed by atoms with Crippen LogP contribution in [0.4, 0.5) is 0 Å². The molecule has 1 amide bonds. The molecule has 1 fully saturated rings. The van der Waals surface area contributed by atoms with Crippen molar-refractivity contribution in [1.82, 2.24) is 10.2 Å². The van der Waals surface area contributed by atoms with Crippen molar-refractivity contribution in [2.45, 2.75) is 60.8 Å². The van der Waals surface area contributed by atoms with Crippen LogP contribution in [-0.2, 0) is 0 Å². The van der Waals surface area contributed by atoms with Gasteiger partial charge in [-0.2, -0.15) is 0 Å². The highest BCUT2D eigenvalue weighted by Crippen LogP contribution is 2.46. The van der Waals surface area contributed by atoms with Crippen molar-refractivity contribution < 1.29 is 9.90 Å². The highest BCUT2D eigenvalue weighted by atomic mass is 16.3. The Labute approximate surface area is 188 Å². The molecule has 0 atom stereocenters. The van der Waals surface area contributed by atoms with Gasteiger partial charge >= 0.3 is 0 Å². The number of allylic oxidation sites excluding steroid dienone is 6. The normalized spacial score (nSPS) is 18.3. The Morgan fingerprint density at radius 1 is 1.13 bits per heavy atom. The number of hydrogen-bond acceptors (Lipinski definition) is 3. The third-order valence-corrected chi connectivity index (χ3v) is 6.26. The van der Waals surface area contributed by atoms with Crippen LogP contribution in [0.15, 0.2) is 53.3 Å². The number of nitrogens with one attached hydrogen (secondary N) is 1. The van der Waals surface area contributed by atoms with Crippen molar-refractivity contribution >= 4 is 11.5 Å². The monoisotopic (exact) mass is 424 g/mol. The van der Waals surface area contributed by atoms with Gasteiger partial charge in [0.15, 0.2) is 0 Å². The van der Waals surface area contributed by atoms with Gasteiger partial charge in [0.25, 0.3) is 5.91 Å². The van der Waals surface area contributed by atoms with Crippen molar-refractivity contribution in [2.75, 3.05) is 26.2 Å². The fourth-order valence-corrected chi connectivity index (χ4v) is 4.67. The number of rotatable bonds is 5. The van der Waals surface area contributed by atoms with Gasteiger partial charge in [0.1, 0.15) is 0 Å². The number of hydrogen-bond donors (Lipinski definition) is 2. The number of nitrogens with zero attached hydrogens (tertiary/aromatic N) is 1. The van der Waals surface area contributed by atoms with Crippen LogP contribution in [0.3, 0.4) is 0 Å². The molecule has 0 unspecified atom stereocenters. The lowest BCUT2D eigenvalue weighted by molar-refractivity contribution is 0.0773. The van der Waals surface area contributed by atoms with E-state index >= 15 is 0 Å². The van der Waals surface area contributed by atoms with Gasteiger partial charge in [-0.15, -0.1) is 0 Å². The van der Waals surface area contributed by atoms with Gasteiger partial charge in [-0.3, -0.25) is 4.79 Å². The van der Waals surface area contributed by atoms with E-state index in [1.54, 1.807) is 6.92 Å². The molecule has 1 aliphatic carbocycles. The van der Waals surface area contributed by atoms with Crippen LogP contribution < -0.4 is 5.32 Å². The minimum Gasteiger partial charge on any atom is -0.513 e. The van der Waals surface area contributed by atoms with Crippen LogP contribution in [0, 0.1) is 5.41 Å². The lowest BCUT2D eigenvalue weighted by Crippen LogP contribution is -2.37. The molecular formula is C27H40N2O2. The zero-order valence-electron chi connectivity index (χ0n) is 20.2. The number of carbonyl (C=O) groups is 1. The average Bonchev–Trinajstić information content (AvgIpc) is 2.78. The maximum absolute atomic E-state index is 12.7. The number of benzene rings is 1. The Hall–Kier alpha value is -2.33. The van der Waals surface area contributed by atoms with Gasteiger partial charge in [0.05, 0.1) is 5.76 Å². The summed E-state index contributed by atoms with van der Waals surface area (Å²) in [6.45, 7) is 15.4. The van der Waals surface area contributed by atoms with E-state index in [2.05, 4.69) is 30.4 Å². The van der Waals surface area contributed by atoms with E-state index in [1.807, 2.05) is 50.8 Å². The Kier molecular flexibility index (Phi) is 9.12. The van der Waals surface area contributed by atoms with Crippen LogP contribution >= 0.6 is 0 Å². The maximum atomic E-state index is 12.7. The maximum Gasteiger partial charge on any atom is 0.253 e. The zero-order chi connectivity index (χ0) is 23.0. The summed E-state index contributed by atoms with van der Waals surface area (Å²) >= 11 is 0. The van der Waals surface area contributed by atoms with Gasteiger partial charge in [0.2, 0.25) is 0 Å². The SMILES string of the molecule is CC.CCN(CC)C(=O)c1ccc(C2=CC3(CCNCC3)CC(C)=C2/C=C(\C)O)cc1. The summed E-state index contributed by atoms with van der Waals surface area (Å²) < 4.78 is 0. The smallest absolute Gasteiger partial charge is 0.253 e. The van der Waals surface area contributed by atoms with E-state index < -0.39 is 0 Å². The summed E-state index contributed by atoms with van der Waals surface area (Å²) in [6.07, 6.45) is 7.60. The first-order valence-electron chi connectivity index (χ1n) is 11.8. The van der Waals surface area contributed by atoms with E-state index in [0.29, 0.717) is 18.8 Å². The van der Waals surface area contributed by atoms with Gasteiger partial charge in [-0.1, -0.05) is 37.6 Å².